The minimum absolute atomic E-state index is 0.237. The minimum atomic E-state index is 0.237. The predicted octanol–water partition coefficient (Wildman–Crippen LogP) is 3.13. The molecule has 0 spiro atoms. The van der Waals surface area contributed by atoms with Gasteiger partial charge in [-0.05, 0) is 31.5 Å². The van der Waals surface area contributed by atoms with Gasteiger partial charge >= 0.3 is 0 Å². The Kier molecular flexibility index (Phi) is 8.72. The van der Waals surface area contributed by atoms with Crippen molar-refractivity contribution in [3.8, 4) is 5.75 Å². The van der Waals surface area contributed by atoms with E-state index in [0.29, 0.717) is 19.7 Å². The lowest BCUT2D eigenvalue weighted by molar-refractivity contribution is 0.0529. The number of guanidine groups is 1. The molecule has 0 radical (unpaired) electrons. The van der Waals surface area contributed by atoms with E-state index in [1.165, 1.54) is 0 Å². The number of aliphatic imine (C=N–C) groups is 1. The molecular formula is C24H33N5O2. The fourth-order valence-electron chi connectivity index (χ4n) is 3.35. The standard InChI is InChI=1S/C24H33N5O2/c1-4-13-31-22-9-7-6-8-21(22)17-28-24(25-5-2)27-16-20-10-11-23(26-15-20)29-12-14-30-19(3)18-29/h4,6-11,15,19H,1,5,12-14,16-18H2,2-3H3,(H2,25,27,28). The van der Waals surface area contributed by atoms with Crippen LogP contribution in [0.3, 0.4) is 0 Å². The van der Waals surface area contributed by atoms with Crippen molar-refractivity contribution in [2.24, 2.45) is 4.99 Å². The molecule has 1 saturated heterocycles. The second-order valence-corrected chi connectivity index (χ2v) is 7.41. The lowest BCUT2D eigenvalue weighted by Gasteiger charge is -2.32. The SMILES string of the molecule is C=CCOc1ccccc1CNC(=NCc1ccc(N2CCOC(C)C2)nc1)NCC. The van der Waals surface area contributed by atoms with E-state index in [0.717, 1.165) is 54.9 Å². The number of ether oxygens (including phenoxy) is 2. The Morgan fingerprint density at radius 2 is 2.19 bits per heavy atom. The molecule has 7 nitrogen and oxygen atoms in total. The molecule has 0 aliphatic carbocycles. The summed E-state index contributed by atoms with van der Waals surface area (Å²) in [5.74, 6) is 2.60. The minimum Gasteiger partial charge on any atom is -0.489 e. The zero-order chi connectivity index (χ0) is 21.9. The first-order valence-electron chi connectivity index (χ1n) is 10.8. The van der Waals surface area contributed by atoms with Crippen LogP contribution in [0.2, 0.25) is 0 Å². The summed E-state index contributed by atoms with van der Waals surface area (Å²) in [6.45, 7) is 12.8. The van der Waals surface area contributed by atoms with E-state index < -0.39 is 0 Å². The Morgan fingerprint density at radius 3 is 2.94 bits per heavy atom. The van der Waals surface area contributed by atoms with Crippen molar-refractivity contribution in [1.82, 2.24) is 15.6 Å². The molecule has 1 aromatic heterocycles. The molecule has 0 bridgehead atoms. The molecule has 0 saturated carbocycles. The van der Waals surface area contributed by atoms with Gasteiger partial charge in [0.2, 0.25) is 0 Å². The fraction of sp³-hybridized carbons (Fsp3) is 0.417. The van der Waals surface area contributed by atoms with Crippen molar-refractivity contribution >= 4 is 11.8 Å². The normalized spacial score (nSPS) is 16.6. The number of hydrogen-bond acceptors (Lipinski definition) is 5. The lowest BCUT2D eigenvalue weighted by Crippen LogP contribution is -2.41. The van der Waals surface area contributed by atoms with E-state index in [1.807, 2.05) is 30.5 Å². The average Bonchev–Trinajstić information content (AvgIpc) is 2.80. The van der Waals surface area contributed by atoms with Gasteiger partial charge in [-0.15, -0.1) is 0 Å². The van der Waals surface area contributed by atoms with Gasteiger partial charge in [0, 0.05) is 37.9 Å². The molecular weight excluding hydrogens is 390 g/mol. The van der Waals surface area contributed by atoms with Gasteiger partial charge in [-0.25, -0.2) is 9.98 Å². The van der Waals surface area contributed by atoms with Crippen LogP contribution in [0.25, 0.3) is 0 Å². The number of hydrogen-bond donors (Lipinski definition) is 2. The Hall–Kier alpha value is -3.06. The summed E-state index contributed by atoms with van der Waals surface area (Å²) in [5.41, 5.74) is 2.14. The molecule has 31 heavy (non-hydrogen) atoms. The highest BCUT2D eigenvalue weighted by molar-refractivity contribution is 5.79. The molecule has 2 heterocycles. The van der Waals surface area contributed by atoms with Gasteiger partial charge in [0.25, 0.3) is 0 Å². The highest BCUT2D eigenvalue weighted by atomic mass is 16.5. The van der Waals surface area contributed by atoms with Crippen LogP contribution in [0.1, 0.15) is 25.0 Å². The van der Waals surface area contributed by atoms with Crippen molar-refractivity contribution in [1.29, 1.82) is 0 Å². The Balaban J connectivity index is 1.59. The van der Waals surface area contributed by atoms with Crippen LogP contribution < -0.4 is 20.3 Å². The van der Waals surface area contributed by atoms with Crippen molar-refractivity contribution in [3.63, 3.8) is 0 Å². The van der Waals surface area contributed by atoms with E-state index in [2.05, 4.69) is 53.1 Å². The highest BCUT2D eigenvalue weighted by Gasteiger charge is 2.17. The molecule has 1 aliphatic rings. The second-order valence-electron chi connectivity index (χ2n) is 7.41. The molecule has 1 atom stereocenters. The van der Waals surface area contributed by atoms with E-state index in [4.69, 9.17) is 14.5 Å². The van der Waals surface area contributed by atoms with Crippen LogP contribution in [0.15, 0.2) is 60.2 Å². The number of morpholine rings is 1. The third-order valence-electron chi connectivity index (χ3n) is 4.91. The fourth-order valence-corrected chi connectivity index (χ4v) is 3.35. The van der Waals surface area contributed by atoms with Crippen molar-refractivity contribution in [2.45, 2.75) is 33.0 Å². The number of rotatable bonds is 9. The largest absolute Gasteiger partial charge is 0.489 e. The van der Waals surface area contributed by atoms with Crippen LogP contribution in [0, 0.1) is 0 Å². The second kappa shape index (κ2) is 12.0. The summed E-state index contributed by atoms with van der Waals surface area (Å²) in [4.78, 5) is 11.6. The van der Waals surface area contributed by atoms with Gasteiger partial charge in [-0.1, -0.05) is 36.9 Å². The number of benzene rings is 1. The van der Waals surface area contributed by atoms with Crippen molar-refractivity contribution < 1.29 is 9.47 Å². The zero-order valence-electron chi connectivity index (χ0n) is 18.5. The summed E-state index contributed by atoms with van der Waals surface area (Å²) in [5, 5.41) is 6.68. The Bertz CT molecular complexity index is 853. The van der Waals surface area contributed by atoms with Crippen LogP contribution >= 0.6 is 0 Å². The zero-order valence-corrected chi connectivity index (χ0v) is 18.5. The van der Waals surface area contributed by atoms with Crippen LogP contribution in [0.5, 0.6) is 5.75 Å². The van der Waals surface area contributed by atoms with Crippen LogP contribution in [-0.2, 0) is 17.8 Å². The number of anilines is 1. The first kappa shape index (κ1) is 22.6. The molecule has 166 valence electrons. The van der Waals surface area contributed by atoms with E-state index in [1.54, 1.807) is 6.08 Å². The Morgan fingerprint density at radius 1 is 1.32 bits per heavy atom. The van der Waals surface area contributed by atoms with Crippen LogP contribution in [-0.4, -0.2) is 49.9 Å². The summed E-state index contributed by atoms with van der Waals surface area (Å²) in [6, 6.07) is 12.1. The topological polar surface area (TPSA) is 71.0 Å². The number of aromatic nitrogens is 1. The van der Waals surface area contributed by atoms with Crippen molar-refractivity contribution in [3.05, 3.63) is 66.4 Å². The maximum Gasteiger partial charge on any atom is 0.191 e. The maximum absolute atomic E-state index is 5.74. The van der Waals surface area contributed by atoms with Gasteiger partial charge in [-0.2, -0.15) is 0 Å². The summed E-state index contributed by atoms with van der Waals surface area (Å²) < 4.78 is 11.3. The molecule has 2 N–H and O–H groups in total. The van der Waals surface area contributed by atoms with Crippen LogP contribution in [0.4, 0.5) is 5.82 Å². The van der Waals surface area contributed by atoms with Gasteiger partial charge in [0.05, 0.1) is 19.3 Å². The molecule has 3 rings (SSSR count). The van der Waals surface area contributed by atoms with Gasteiger partial charge in [-0.3, -0.25) is 0 Å². The summed E-state index contributed by atoms with van der Waals surface area (Å²) >= 11 is 0. The van der Waals surface area contributed by atoms with E-state index in [9.17, 15) is 0 Å². The first-order valence-corrected chi connectivity index (χ1v) is 10.8. The number of para-hydroxylation sites is 1. The number of nitrogens with zero attached hydrogens (tertiary/aromatic N) is 3. The third kappa shape index (κ3) is 7.00. The number of nitrogens with one attached hydrogen (secondary N) is 2. The summed E-state index contributed by atoms with van der Waals surface area (Å²) in [6.07, 6.45) is 3.89. The first-order chi connectivity index (χ1) is 15.2. The quantitative estimate of drug-likeness (QED) is 0.367. The van der Waals surface area contributed by atoms with Gasteiger partial charge in [0.15, 0.2) is 5.96 Å². The number of pyridine rings is 1. The van der Waals surface area contributed by atoms with Crippen molar-refractivity contribution in [2.75, 3.05) is 37.7 Å². The summed E-state index contributed by atoms with van der Waals surface area (Å²) in [7, 11) is 0. The molecule has 1 fully saturated rings. The maximum atomic E-state index is 5.74. The predicted molar refractivity (Wildman–Crippen MR) is 126 cm³/mol. The molecule has 2 aromatic rings. The Labute approximate surface area is 185 Å². The molecule has 1 aromatic carbocycles. The highest BCUT2D eigenvalue weighted by Crippen LogP contribution is 2.18. The average molecular weight is 424 g/mol. The molecule has 1 unspecified atom stereocenters. The van der Waals surface area contributed by atoms with Gasteiger partial charge < -0.3 is 25.0 Å². The monoisotopic (exact) mass is 423 g/mol. The lowest BCUT2D eigenvalue weighted by atomic mass is 10.2. The molecule has 1 aliphatic heterocycles. The smallest absolute Gasteiger partial charge is 0.191 e. The molecule has 0 amide bonds. The van der Waals surface area contributed by atoms with E-state index >= 15 is 0 Å². The van der Waals surface area contributed by atoms with Gasteiger partial charge in [0.1, 0.15) is 18.2 Å². The van der Waals surface area contributed by atoms with E-state index in [-0.39, 0.29) is 6.10 Å². The third-order valence-corrected chi connectivity index (χ3v) is 4.91. The molecule has 7 heteroatoms.